The van der Waals surface area contributed by atoms with Gasteiger partial charge in [0.1, 0.15) is 10.4 Å². The lowest BCUT2D eigenvalue weighted by Gasteiger charge is -2.14. The molecule has 0 fully saturated rings. The Balaban J connectivity index is 1.92. The summed E-state index contributed by atoms with van der Waals surface area (Å²) in [6, 6.07) is 9.94. The van der Waals surface area contributed by atoms with Crippen molar-refractivity contribution in [2.24, 2.45) is 0 Å². The van der Waals surface area contributed by atoms with Crippen LogP contribution in [0.5, 0.6) is 5.75 Å². The molecule has 4 aromatic rings. The summed E-state index contributed by atoms with van der Waals surface area (Å²) in [5.41, 5.74) is 3.74. The van der Waals surface area contributed by atoms with Crippen LogP contribution in [0.15, 0.2) is 46.7 Å². The third-order valence-corrected chi connectivity index (χ3v) is 5.62. The first kappa shape index (κ1) is 17.7. The fourth-order valence-electron chi connectivity index (χ4n) is 3.34. The Morgan fingerprint density at radius 2 is 2.04 bits per heavy atom. The minimum atomic E-state index is -0.0548. The number of thiophene rings is 1. The Kier molecular flexibility index (Phi) is 4.68. The molecule has 0 aliphatic rings. The number of aromatic nitrogens is 2. The molecule has 0 atom stereocenters. The average molecular weight is 379 g/mol. The molecule has 1 aromatic carbocycles. The maximum absolute atomic E-state index is 12.3. The van der Waals surface area contributed by atoms with Crippen LogP contribution in [0.3, 0.4) is 0 Å². The molecular weight excluding hydrogens is 358 g/mol. The summed E-state index contributed by atoms with van der Waals surface area (Å²) in [5, 5.41) is 3.89. The molecule has 0 aliphatic heterocycles. The zero-order valence-electron chi connectivity index (χ0n) is 15.6. The molecule has 6 heteroatoms. The van der Waals surface area contributed by atoms with Crippen LogP contribution in [0.1, 0.15) is 5.69 Å². The maximum Gasteiger partial charge on any atom is 0.266 e. The van der Waals surface area contributed by atoms with Gasteiger partial charge in [0, 0.05) is 52.3 Å². The Bertz CT molecular complexity index is 1160. The number of aromatic amines is 1. The van der Waals surface area contributed by atoms with Gasteiger partial charge in [0.2, 0.25) is 0 Å². The van der Waals surface area contributed by atoms with Crippen molar-refractivity contribution in [1.29, 1.82) is 0 Å². The van der Waals surface area contributed by atoms with Gasteiger partial charge < -0.3 is 14.6 Å². The van der Waals surface area contributed by atoms with E-state index in [2.05, 4.69) is 41.1 Å². The number of fused-ring (bicyclic) bond motifs is 3. The number of hydrogen-bond acceptors (Lipinski definition) is 5. The number of nitrogens with one attached hydrogen (secondary N) is 1. The molecule has 0 saturated heterocycles. The van der Waals surface area contributed by atoms with Gasteiger partial charge in [0.25, 0.3) is 5.56 Å². The fourth-order valence-corrected chi connectivity index (χ4v) is 4.14. The number of methoxy groups -OCH3 is 1. The number of nitrogens with zero attached hydrogens (tertiary/aromatic N) is 2. The van der Waals surface area contributed by atoms with Crippen molar-refractivity contribution >= 4 is 32.3 Å². The summed E-state index contributed by atoms with van der Waals surface area (Å²) in [4.78, 5) is 22.1. The van der Waals surface area contributed by atoms with E-state index in [9.17, 15) is 4.79 Å². The van der Waals surface area contributed by atoms with Gasteiger partial charge in [-0.25, -0.2) is 0 Å². The molecule has 5 nitrogen and oxygen atoms in total. The zero-order chi connectivity index (χ0) is 19.0. The molecule has 0 saturated carbocycles. The number of benzene rings is 1. The maximum atomic E-state index is 12.3. The third-order valence-electron chi connectivity index (χ3n) is 4.70. The number of H-pyrrole nitrogens is 1. The van der Waals surface area contributed by atoms with E-state index in [1.54, 1.807) is 7.11 Å². The lowest BCUT2D eigenvalue weighted by molar-refractivity contribution is 0.412. The van der Waals surface area contributed by atoms with E-state index in [0.717, 1.165) is 56.5 Å². The van der Waals surface area contributed by atoms with Gasteiger partial charge in [-0.15, -0.1) is 11.3 Å². The Hall–Kier alpha value is -2.70. The second-order valence-corrected chi connectivity index (χ2v) is 7.69. The average Bonchev–Trinajstić information content (AvgIpc) is 3.16. The molecule has 27 heavy (non-hydrogen) atoms. The quantitative estimate of drug-likeness (QED) is 0.571. The normalized spacial score (nSPS) is 11.6. The van der Waals surface area contributed by atoms with Crippen LogP contribution in [0.25, 0.3) is 32.1 Å². The summed E-state index contributed by atoms with van der Waals surface area (Å²) >= 11 is 1.45. The number of ether oxygens (including phenoxy) is 1. The molecule has 3 heterocycles. The summed E-state index contributed by atoms with van der Waals surface area (Å²) < 4.78 is 6.38. The van der Waals surface area contributed by atoms with E-state index in [4.69, 9.17) is 4.74 Å². The van der Waals surface area contributed by atoms with Gasteiger partial charge in [0.05, 0.1) is 7.11 Å². The Labute approximate surface area is 161 Å². The highest BCUT2D eigenvalue weighted by atomic mass is 32.1. The van der Waals surface area contributed by atoms with Crippen LogP contribution in [0.2, 0.25) is 0 Å². The summed E-state index contributed by atoms with van der Waals surface area (Å²) in [5.74, 6) is 0.768. The summed E-state index contributed by atoms with van der Waals surface area (Å²) in [6.45, 7) is 0.959. The SMILES string of the molecule is COc1ccc2[nH]c(=O)c3sccc3c2c1-c1ccc(CCN(C)C)nc1. The van der Waals surface area contributed by atoms with Crippen molar-refractivity contribution in [2.45, 2.75) is 6.42 Å². The van der Waals surface area contributed by atoms with Gasteiger partial charge in [-0.3, -0.25) is 9.78 Å². The van der Waals surface area contributed by atoms with Crippen LogP contribution in [-0.2, 0) is 6.42 Å². The van der Waals surface area contributed by atoms with Gasteiger partial charge in [-0.2, -0.15) is 0 Å². The topological polar surface area (TPSA) is 58.2 Å². The van der Waals surface area contributed by atoms with E-state index in [1.165, 1.54) is 11.3 Å². The molecule has 0 aliphatic carbocycles. The largest absolute Gasteiger partial charge is 0.496 e. The molecule has 0 amide bonds. The Morgan fingerprint density at radius 1 is 1.19 bits per heavy atom. The molecule has 4 rings (SSSR count). The minimum Gasteiger partial charge on any atom is -0.496 e. The number of hydrogen-bond donors (Lipinski definition) is 1. The standard InChI is InChI=1S/C21H21N3O2S/c1-24(2)10-8-14-5-4-13(12-22-14)18-17(26-3)7-6-16-19(18)15-9-11-27-20(15)21(25)23-16/h4-7,9,11-12H,8,10H2,1-3H3,(H,23,25). The highest BCUT2D eigenvalue weighted by molar-refractivity contribution is 7.17. The molecule has 1 N–H and O–H groups in total. The summed E-state index contributed by atoms with van der Waals surface area (Å²) in [6.07, 6.45) is 2.80. The fraction of sp³-hybridized carbons (Fsp3) is 0.238. The van der Waals surface area contributed by atoms with E-state index in [0.29, 0.717) is 0 Å². The highest BCUT2D eigenvalue weighted by Crippen LogP contribution is 2.39. The van der Waals surface area contributed by atoms with Crippen LogP contribution < -0.4 is 10.3 Å². The molecule has 138 valence electrons. The summed E-state index contributed by atoms with van der Waals surface area (Å²) in [7, 11) is 5.78. The van der Waals surface area contributed by atoms with E-state index < -0.39 is 0 Å². The lowest BCUT2D eigenvalue weighted by Crippen LogP contribution is -2.15. The zero-order valence-corrected chi connectivity index (χ0v) is 16.4. The Morgan fingerprint density at radius 3 is 2.74 bits per heavy atom. The molecular formula is C21H21N3O2S. The first-order valence-electron chi connectivity index (χ1n) is 8.78. The van der Waals surface area contributed by atoms with Crippen molar-refractivity contribution in [3.63, 3.8) is 0 Å². The second kappa shape index (κ2) is 7.13. The highest BCUT2D eigenvalue weighted by Gasteiger charge is 2.16. The molecule has 0 bridgehead atoms. The van der Waals surface area contributed by atoms with Crippen molar-refractivity contribution in [3.8, 4) is 16.9 Å². The van der Waals surface area contributed by atoms with E-state index in [1.807, 2.05) is 29.8 Å². The smallest absolute Gasteiger partial charge is 0.266 e. The van der Waals surface area contributed by atoms with Crippen molar-refractivity contribution in [1.82, 2.24) is 14.9 Å². The van der Waals surface area contributed by atoms with Gasteiger partial charge in [-0.1, -0.05) is 6.07 Å². The predicted octanol–water partition coefficient (Wildman–Crippen LogP) is 3.92. The van der Waals surface area contributed by atoms with Crippen LogP contribution in [0, 0.1) is 0 Å². The number of pyridine rings is 2. The van der Waals surface area contributed by atoms with Crippen LogP contribution in [0.4, 0.5) is 0 Å². The minimum absolute atomic E-state index is 0.0548. The van der Waals surface area contributed by atoms with E-state index in [-0.39, 0.29) is 5.56 Å². The third kappa shape index (κ3) is 3.22. The van der Waals surface area contributed by atoms with Gasteiger partial charge in [-0.05, 0) is 43.7 Å². The van der Waals surface area contributed by atoms with Crippen molar-refractivity contribution < 1.29 is 4.74 Å². The van der Waals surface area contributed by atoms with Crippen LogP contribution in [-0.4, -0.2) is 42.6 Å². The molecule has 0 spiro atoms. The van der Waals surface area contributed by atoms with E-state index >= 15 is 0 Å². The van der Waals surface area contributed by atoms with Gasteiger partial charge >= 0.3 is 0 Å². The van der Waals surface area contributed by atoms with Gasteiger partial charge in [0.15, 0.2) is 0 Å². The number of likely N-dealkylation sites (N-methyl/N-ethyl adjacent to an activating group) is 1. The monoisotopic (exact) mass is 379 g/mol. The number of rotatable bonds is 5. The second-order valence-electron chi connectivity index (χ2n) is 6.77. The first-order valence-corrected chi connectivity index (χ1v) is 9.66. The van der Waals surface area contributed by atoms with Crippen LogP contribution >= 0.6 is 11.3 Å². The lowest BCUT2D eigenvalue weighted by atomic mass is 9.98. The molecule has 0 unspecified atom stereocenters. The van der Waals surface area contributed by atoms with Crippen molar-refractivity contribution in [3.05, 3.63) is 58.0 Å². The first-order chi connectivity index (χ1) is 13.1. The molecule has 0 radical (unpaired) electrons. The molecule has 3 aromatic heterocycles. The van der Waals surface area contributed by atoms with Crippen molar-refractivity contribution in [2.75, 3.05) is 27.7 Å². The predicted molar refractivity (Wildman–Crippen MR) is 112 cm³/mol.